The zero-order valence-electron chi connectivity index (χ0n) is 10.4. The van der Waals surface area contributed by atoms with Gasteiger partial charge in [-0.2, -0.15) is 4.98 Å². The third-order valence-corrected chi connectivity index (χ3v) is 2.65. The molecule has 2 N–H and O–H groups in total. The molecule has 0 amide bonds. The van der Waals surface area contributed by atoms with Crippen molar-refractivity contribution in [3.63, 3.8) is 0 Å². The number of nitrogens with one attached hydrogen (secondary N) is 1. The molecule has 2 rings (SSSR count). The molecule has 0 aliphatic rings. The molecule has 0 saturated heterocycles. The van der Waals surface area contributed by atoms with E-state index >= 15 is 0 Å². The Bertz CT molecular complexity index is 518. The van der Waals surface area contributed by atoms with E-state index in [0.717, 1.165) is 11.2 Å². The normalized spacial score (nSPS) is 12.0. The summed E-state index contributed by atoms with van der Waals surface area (Å²) in [4.78, 5) is 4.37. The predicted molar refractivity (Wildman–Crippen MR) is 67.1 cm³/mol. The molecule has 0 bridgehead atoms. The summed E-state index contributed by atoms with van der Waals surface area (Å²) in [5.74, 6) is 0.595. The van der Waals surface area contributed by atoms with Crippen molar-refractivity contribution in [3.05, 3.63) is 23.9 Å². The molecule has 92 valence electrons. The van der Waals surface area contributed by atoms with Crippen molar-refractivity contribution in [1.29, 1.82) is 0 Å². The number of hydrogen-bond donors (Lipinski definition) is 2. The first-order valence-electron chi connectivity index (χ1n) is 5.68. The summed E-state index contributed by atoms with van der Waals surface area (Å²) < 4.78 is 1.74. The van der Waals surface area contributed by atoms with Gasteiger partial charge in [0.1, 0.15) is 0 Å². The number of nitrogens with zero attached hydrogens (tertiary/aromatic N) is 3. The summed E-state index contributed by atoms with van der Waals surface area (Å²) in [6.07, 6.45) is 1.89. The Kier molecular flexibility index (Phi) is 3.02. The zero-order chi connectivity index (χ0) is 12.5. The van der Waals surface area contributed by atoms with Crippen LogP contribution in [0.25, 0.3) is 5.65 Å². The van der Waals surface area contributed by atoms with Gasteiger partial charge >= 0.3 is 0 Å². The Labute approximate surface area is 100 Å². The van der Waals surface area contributed by atoms with E-state index in [0.29, 0.717) is 12.5 Å². The molecule has 0 unspecified atom stereocenters. The molecule has 2 aromatic heterocycles. The molecule has 2 heterocycles. The summed E-state index contributed by atoms with van der Waals surface area (Å²) in [5.41, 5.74) is 1.81. The third-order valence-electron chi connectivity index (χ3n) is 2.65. The lowest BCUT2D eigenvalue weighted by Crippen LogP contribution is -2.27. The van der Waals surface area contributed by atoms with Crippen molar-refractivity contribution in [1.82, 2.24) is 14.6 Å². The van der Waals surface area contributed by atoms with Crippen LogP contribution in [0.4, 0.5) is 5.95 Å². The van der Waals surface area contributed by atoms with Gasteiger partial charge in [-0.05, 0) is 24.6 Å². The first-order valence-corrected chi connectivity index (χ1v) is 5.68. The summed E-state index contributed by atoms with van der Waals surface area (Å²) >= 11 is 0. The minimum Gasteiger partial charge on any atom is -0.396 e. The van der Waals surface area contributed by atoms with Crippen LogP contribution in [0, 0.1) is 12.3 Å². The standard InChI is InChI=1S/C12H18N4O/c1-9-4-5-16-10(6-9)14-11(15-16)13-7-12(2,3)8-17/h4-6,17H,7-8H2,1-3H3,(H,13,15). The fourth-order valence-electron chi connectivity index (χ4n) is 1.43. The Balaban J connectivity index is 2.15. The van der Waals surface area contributed by atoms with Gasteiger partial charge in [0.15, 0.2) is 5.65 Å². The van der Waals surface area contributed by atoms with Gasteiger partial charge in [-0.25, -0.2) is 4.52 Å². The van der Waals surface area contributed by atoms with Gasteiger partial charge in [0, 0.05) is 24.8 Å². The Morgan fingerprint density at radius 3 is 2.94 bits per heavy atom. The molecular formula is C12H18N4O. The fourth-order valence-corrected chi connectivity index (χ4v) is 1.43. The quantitative estimate of drug-likeness (QED) is 0.841. The maximum absolute atomic E-state index is 9.16. The number of hydrogen-bond acceptors (Lipinski definition) is 4. The lowest BCUT2D eigenvalue weighted by molar-refractivity contribution is 0.170. The predicted octanol–water partition coefficient (Wildman–Crippen LogP) is 1.47. The molecule has 5 heteroatoms. The monoisotopic (exact) mass is 234 g/mol. The summed E-state index contributed by atoms with van der Waals surface area (Å²) in [6, 6.07) is 3.97. The van der Waals surface area contributed by atoms with Gasteiger partial charge in [-0.1, -0.05) is 13.8 Å². The molecule has 0 atom stereocenters. The first-order chi connectivity index (χ1) is 8.00. The highest BCUT2D eigenvalue weighted by Gasteiger charge is 2.16. The third kappa shape index (κ3) is 2.74. The molecule has 0 saturated carbocycles. The Morgan fingerprint density at radius 2 is 2.24 bits per heavy atom. The lowest BCUT2D eigenvalue weighted by Gasteiger charge is -2.20. The SMILES string of the molecule is Cc1ccn2nc(NCC(C)(C)CO)nc2c1. The van der Waals surface area contributed by atoms with E-state index in [1.807, 2.05) is 39.1 Å². The van der Waals surface area contributed by atoms with Gasteiger partial charge in [0.2, 0.25) is 5.95 Å². The van der Waals surface area contributed by atoms with Crippen molar-refractivity contribution in [3.8, 4) is 0 Å². The second kappa shape index (κ2) is 4.33. The highest BCUT2D eigenvalue weighted by molar-refractivity contribution is 5.45. The summed E-state index contributed by atoms with van der Waals surface area (Å²) in [6.45, 7) is 6.77. The molecular weight excluding hydrogens is 216 g/mol. The molecule has 5 nitrogen and oxygen atoms in total. The average Bonchev–Trinajstić information content (AvgIpc) is 2.68. The molecule has 2 aromatic rings. The maximum atomic E-state index is 9.16. The zero-order valence-corrected chi connectivity index (χ0v) is 10.4. The number of aryl methyl sites for hydroxylation is 1. The lowest BCUT2D eigenvalue weighted by atomic mass is 9.95. The minimum atomic E-state index is -0.173. The van der Waals surface area contributed by atoms with Crippen LogP contribution in [0.15, 0.2) is 18.3 Å². The molecule has 0 fully saturated rings. The smallest absolute Gasteiger partial charge is 0.243 e. The number of rotatable bonds is 4. The van der Waals surface area contributed by atoms with Gasteiger partial charge in [-0.15, -0.1) is 5.10 Å². The highest BCUT2D eigenvalue weighted by atomic mass is 16.3. The number of aliphatic hydroxyl groups excluding tert-OH is 1. The number of aromatic nitrogens is 3. The molecule has 0 spiro atoms. The number of aliphatic hydroxyl groups is 1. The Hall–Kier alpha value is -1.62. The van der Waals surface area contributed by atoms with Crippen LogP contribution in [0.1, 0.15) is 19.4 Å². The van der Waals surface area contributed by atoms with Gasteiger partial charge in [0.25, 0.3) is 0 Å². The summed E-state index contributed by atoms with van der Waals surface area (Å²) in [7, 11) is 0. The molecule has 17 heavy (non-hydrogen) atoms. The van der Waals surface area contributed by atoms with Crippen molar-refractivity contribution in [2.45, 2.75) is 20.8 Å². The van der Waals surface area contributed by atoms with E-state index in [4.69, 9.17) is 5.11 Å². The van der Waals surface area contributed by atoms with Crippen LogP contribution in [0.3, 0.4) is 0 Å². The van der Waals surface area contributed by atoms with Crippen molar-refractivity contribution < 1.29 is 5.11 Å². The number of pyridine rings is 1. The molecule has 0 aliphatic carbocycles. The second-order valence-corrected chi connectivity index (χ2v) is 5.12. The van der Waals surface area contributed by atoms with E-state index in [1.165, 1.54) is 0 Å². The first kappa shape index (κ1) is 11.9. The fraction of sp³-hybridized carbons (Fsp3) is 0.500. The van der Waals surface area contributed by atoms with Crippen LogP contribution < -0.4 is 5.32 Å². The largest absolute Gasteiger partial charge is 0.396 e. The van der Waals surface area contributed by atoms with Gasteiger partial charge < -0.3 is 10.4 Å². The van der Waals surface area contributed by atoms with E-state index in [1.54, 1.807) is 4.52 Å². The number of fused-ring (bicyclic) bond motifs is 1. The van der Waals surface area contributed by atoms with Crippen molar-refractivity contribution in [2.24, 2.45) is 5.41 Å². The van der Waals surface area contributed by atoms with Crippen LogP contribution in [-0.2, 0) is 0 Å². The van der Waals surface area contributed by atoms with E-state index in [-0.39, 0.29) is 12.0 Å². The topological polar surface area (TPSA) is 62.5 Å². The minimum absolute atomic E-state index is 0.131. The molecule has 0 radical (unpaired) electrons. The van der Waals surface area contributed by atoms with Gasteiger partial charge in [-0.3, -0.25) is 0 Å². The summed E-state index contributed by atoms with van der Waals surface area (Å²) in [5, 5.41) is 16.6. The maximum Gasteiger partial charge on any atom is 0.243 e. The van der Waals surface area contributed by atoms with Crippen molar-refractivity contribution >= 4 is 11.6 Å². The van der Waals surface area contributed by atoms with Gasteiger partial charge in [0.05, 0.1) is 0 Å². The number of anilines is 1. The Morgan fingerprint density at radius 1 is 1.47 bits per heavy atom. The molecule has 0 aromatic carbocycles. The average molecular weight is 234 g/mol. The van der Waals surface area contributed by atoms with Crippen LogP contribution >= 0.6 is 0 Å². The van der Waals surface area contributed by atoms with E-state index in [2.05, 4.69) is 15.4 Å². The van der Waals surface area contributed by atoms with Crippen LogP contribution in [0.2, 0.25) is 0 Å². The van der Waals surface area contributed by atoms with E-state index in [9.17, 15) is 0 Å². The van der Waals surface area contributed by atoms with Crippen molar-refractivity contribution in [2.75, 3.05) is 18.5 Å². The van der Waals surface area contributed by atoms with Crippen LogP contribution in [-0.4, -0.2) is 32.9 Å². The molecule has 0 aliphatic heterocycles. The van der Waals surface area contributed by atoms with Crippen LogP contribution in [0.5, 0.6) is 0 Å². The highest BCUT2D eigenvalue weighted by Crippen LogP contribution is 2.14. The second-order valence-electron chi connectivity index (χ2n) is 5.12. The van der Waals surface area contributed by atoms with E-state index < -0.39 is 0 Å².